The number of ether oxygens (including phenoxy) is 1. The van der Waals surface area contributed by atoms with E-state index in [4.69, 9.17) is 9.84 Å². The molecule has 2 aromatic carbocycles. The van der Waals surface area contributed by atoms with Crippen LogP contribution in [0.1, 0.15) is 27.9 Å². The Morgan fingerprint density at radius 3 is 2.30 bits per heavy atom. The Balaban J connectivity index is 1.81. The molecule has 0 aromatic heterocycles. The molecule has 1 saturated heterocycles. The molecule has 1 N–H and O–H groups in total. The Morgan fingerprint density at radius 2 is 1.77 bits per heavy atom. The van der Waals surface area contributed by atoms with Crippen LogP contribution < -0.4 is 4.90 Å². The summed E-state index contributed by atoms with van der Waals surface area (Å²) < 4.78 is 43.5. The molecule has 0 unspecified atom stereocenters. The molecule has 160 valence electrons. The standard InChI is InChI=1S/C21H21F3N2O4/c1-30-13-18-10-11-25(12-14-2-6-16(7-3-14)21(22,23)24)20(29)26(18)17-8-4-15(5-9-17)19(27)28/h2-9,18H,10-13H2,1H3,(H,27,28)/t18-/m0/s1. The molecule has 6 nitrogen and oxygen atoms in total. The second-order valence-corrected chi connectivity index (χ2v) is 7.02. The molecule has 1 fully saturated rings. The molecule has 2 amide bonds. The van der Waals surface area contributed by atoms with E-state index in [1.165, 1.54) is 31.4 Å². The minimum atomic E-state index is -4.41. The van der Waals surface area contributed by atoms with Gasteiger partial charge in [0.05, 0.1) is 23.8 Å². The minimum absolute atomic E-state index is 0.105. The van der Waals surface area contributed by atoms with E-state index in [-0.39, 0.29) is 24.2 Å². The Hall–Kier alpha value is -3.07. The normalized spacial score (nSPS) is 17.3. The van der Waals surface area contributed by atoms with E-state index < -0.39 is 17.7 Å². The molecular weight excluding hydrogens is 401 g/mol. The maximum absolute atomic E-state index is 13.2. The number of methoxy groups -OCH3 is 1. The number of aromatic carboxylic acids is 1. The molecule has 1 aliphatic heterocycles. The van der Waals surface area contributed by atoms with Crippen LogP contribution in [0.4, 0.5) is 23.7 Å². The van der Waals surface area contributed by atoms with Crippen molar-refractivity contribution in [3.63, 3.8) is 0 Å². The van der Waals surface area contributed by atoms with Gasteiger partial charge in [-0.2, -0.15) is 13.2 Å². The van der Waals surface area contributed by atoms with Crippen molar-refractivity contribution in [2.24, 2.45) is 0 Å². The number of hydrogen-bond acceptors (Lipinski definition) is 3. The minimum Gasteiger partial charge on any atom is -0.478 e. The number of alkyl halides is 3. The summed E-state index contributed by atoms with van der Waals surface area (Å²) in [6.07, 6.45) is -3.81. The van der Waals surface area contributed by atoms with E-state index >= 15 is 0 Å². The average Bonchev–Trinajstić information content (AvgIpc) is 2.70. The zero-order valence-electron chi connectivity index (χ0n) is 16.2. The Morgan fingerprint density at radius 1 is 1.13 bits per heavy atom. The Kier molecular flexibility index (Phi) is 6.31. The van der Waals surface area contributed by atoms with Gasteiger partial charge in [0.2, 0.25) is 0 Å². The van der Waals surface area contributed by atoms with Gasteiger partial charge in [0, 0.05) is 25.9 Å². The molecule has 0 saturated carbocycles. The van der Waals surface area contributed by atoms with Gasteiger partial charge in [-0.3, -0.25) is 4.90 Å². The summed E-state index contributed by atoms with van der Waals surface area (Å²) >= 11 is 0. The van der Waals surface area contributed by atoms with Crippen molar-refractivity contribution in [2.75, 3.05) is 25.2 Å². The van der Waals surface area contributed by atoms with Crippen LogP contribution in [0.3, 0.4) is 0 Å². The fourth-order valence-electron chi connectivity index (χ4n) is 3.44. The highest BCUT2D eigenvalue weighted by atomic mass is 19.4. The van der Waals surface area contributed by atoms with Crippen LogP contribution in [0.15, 0.2) is 48.5 Å². The second kappa shape index (κ2) is 8.74. The van der Waals surface area contributed by atoms with Crippen LogP contribution in [0.25, 0.3) is 0 Å². The third-order valence-electron chi connectivity index (χ3n) is 4.98. The third-order valence-corrected chi connectivity index (χ3v) is 4.98. The van der Waals surface area contributed by atoms with Crippen LogP contribution in [-0.2, 0) is 17.5 Å². The first-order chi connectivity index (χ1) is 14.2. The number of urea groups is 1. The van der Waals surface area contributed by atoms with Gasteiger partial charge in [0.25, 0.3) is 0 Å². The lowest BCUT2D eigenvalue weighted by Crippen LogP contribution is -2.55. The fourth-order valence-corrected chi connectivity index (χ4v) is 3.44. The number of anilines is 1. The average molecular weight is 422 g/mol. The number of nitrogens with zero attached hydrogens (tertiary/aromatic N) is 2. The van der Waals surface area contributed by atoms with E-state index in [1.807, 2.05) is 0 Å². The first-order valence-electron chi connectivity index (χ1n) is 9.27. The van der Waals surface area contributed by atoms with E-state index in [1.54, 1.807) is 21.9 Å². The molecule has 2 aromatic rings. The number of carbonyl (C=O) groups excluding carboxylic acids is 1. The van der Waals surface area contributed by atoms with Crippen molar-refractivity contribution < 1.29 is 32.6 Å². The van der Waals surface area contributed by atoms with Crippen LogP contribution in [0.2, 0.25) is 0 Å². The third kappa shape index (κ3) is 4.73. The van der Waals surface area contributed by atoms with Crippen LogP contribution in [0.5, 0.6) is 0 Å². The number of carbonyl (C=O) groups is 2. The predicted molar refractivity (Wildman–Crippen MR) is 103 cm³/mol. The number of benzene rings is 2. The number of carboxylic acids is 1. The molecule has 3 rings (SSSR count). The van der Waals surface area contributed by atoms with E-state index in [0.717, 1.165) is 12.1 Å². The summed E-state index contributed by atoms with van der Waals surface area (Å²) in [5, 5.41) is 9.07. The predicted octanol–water partition coefficient (Wildman–Crippen LogP) is 4.25. The largest absolute Gasteiger partial charge is 0.478 e. The maximum atomic E-state index is 13.2. The van der Waals surface area contributed by atoms with Gasteiger partial charge in [-0.1, -0.05) is 12.1 Å². The monoisotopic (exact) mass is 422 g/mol. The summed E-state index contributed by atoms with van der Waals surface area (Å²) in [6.45, 7) is 0.901. The zero-order chi connectivity index (χ0) is 21.9. The lowest BCUT2D eigenvalue weighted by molar-refractivity contribution is -0.137. The molecule has 1 aliphatic rings. The highest BCUT2D eigenvalue weighted by Crippen LogP contribution is 2.30. The second-order valence-electron chi connectivity index (χ2n) is 7.02. The molecule has 9 heteroatoms. The molecule has 0 spiro atoms. The van der Waals surface area contributed by atoms with Crippen LogP contribution in [0, 0.1) is 0 Å². The summed E-state index contributed by atoms with van der Waals surface area (Å²) in [6, 6.07) is 10.1. The first-order valence-corrected chi connectivity index (χ1v) is 9.27. The summed E-state index contributed by atoms with van der Waals surface area (Å²) in [4.78, 5) is 27.3. The summed E-state index contributed by atoms with van der Waals surface area (Å²) in [7, 11) is 1.53. The van der Waals surface area contributed by atoms with Gasteiger partial charge in [-0.25, -0.2) is 9.59 Å². The molecule has 30 heavy (non-hydrogen) atoms. The molecular formula is C21H21F3N2O4. The van der Waals surface area contributed by atoms with Gasteiger partial charge < -0.3 is 14.7 Å². The highest BCUT2D eigenvalue weighted by Gasteiger charge is 2.35. The van der Waals surface area contributed by atoms with Gasteiger partial charge in [0.15, 0.2) is 0 Å². The van der Waals surface area contributed by atoms with E-state index in [9.17, 15) is 22.8 Å². The first kappa shape index (κ1) is 21.6. The Labute approximate surface area is 171 Å². The van der Waals surface area contributed by atoms with Crippen molar-refractivity contribution in [1.29, 1.82) is 0 Å². The summed E-state index contributed by atoms with van der Waals surface area (Å²) in [5.41, 5.74) is 0.483. The van der Waals surface area contributed by atoms with E-state index in [0.29, 0.717) is 30.8 Å². The van der Waals surface area contributed by atoms with Crippen molar-refractivity contribution in [3.05, 3.63) is 65.2 Å². The van der Waals surface area contributed by atoms with Crippen molar-refractivity contribution in [1.82, 2.24) is 4.90 Å². The van der Waals surface area contributed by atoms with Crippen molar-refractivity contribution >= 4 is 17.7 Å². The highest BCUT2D eigenvalue weighted by molar-refractivity contribution is 5.94. The topological polar surface area (TPSA) is 70.1 Å². The van der Waals surface area contributed by atoms with Gasteiger partial charge in [-0.15, -0.1) is 0 Å². The molecule has 0 radical (unpaired) electrons. The number of amides is 2. The van der Waals surface area contributed by atoms with Gasteiger partial charge in [-0.05, 0) is 48.4 Å². The summed E-state index contributed by atoms with van der Waals surface area (Å²) in [5.74, 6) is -1.07. The van der Waals surface area contributed by atoms with Gasteiger partial charge >= 0.3 is 18.2 Å². The smallest absolute Gasteiger partial charge is 0.416 e. The van der Waals surface area contributed by atoms with E-state index in [2.05, 4.69) is 0 Å². The van der Waals surface area contributed by atoms with Crippen molar-refractivity contribution in [2.45, 2.75) is 25.2 Å². The molecule has 1 heterocycles. The quantitative estimate of drug-likeness (QED) is 0.756. The molecule has 0 aliphatic carbocycles. The van der Waals surface area contributed by atoms with Crippen LogP contribution in [-0.4, -0.2) is 48.3 Å². The molecule has 0 bridgehead atoms. The SMILES string of the molecule is COC[C@@H]1CCN(Cc2ccc(C(F)(F)F)cc2)C(=O)N1c1ccc(C(=O)O)cc1. The van der Waals surface area contributed by atoms with Crippen molar-refractivity contribution in [3.8, 4) is 0 Å². The number of carboxylic acid groups (broad SMARTS) is 1. The molecule has 1 atom stereocenters. The number of rotatable bonds is 6. The lowest BCUT2D eigenvalue weighted by atomic mass is 10.1. The Bertz CT molecular complexity index is 898. The fraction of sp³-hybridized carbons (Fsp3) is 0.333. The zero-order valence-corrected chi connectivity index (χ0v) is 16.2. The number of halogens is 3. The lowest BCUT2D eigenvalue weighted by Gasteiger charge is -2.41. The van der Waals surface area contributed by atoms with Crippen LogP contribution >= 0.6 is 0 Å². The number of hydrogen-bond donors (Lipinski definition) is 1. The van der Waals surface area contributed by atoms with Gasteiger partial charge in [0.1, 0.15) is 0 Å². The maximum Gasteiger partial charge on any atom is 0.416 e.